The minimum Gasteiger partial charge on any atom is -0.388 e. The van der Waals surface area contributed by atoms with Crippen molar-refractivity contribution in [2.45, 2.75) is 39.3 Å². The van der Waals surface area contributed by atoms with Crippen LogP contribution in [0.15, 0.2) is 55.1 Å². The van der Waals surface area contributed by atoms with E-state index in [1.54, 1.807) is 36.3 Å². The number of carbonyl (C=O) groups is 1. The van der Waals surface area contributed by atoms with Gasteiger partial charge in [-0.05, 0) is 74.7 Å². The van der Waals surface area contributed by atoms with E-state index in [1.807, 2.05) is 23.7 Å². The first-order chi connectivity index (χ1) is 19.5. The summed E-state index contributed by atoms with van der Waals surface area (Å²) in [4.78, 5) is 22.5. The minimum atomic E-state index is -0.200. The number of halogens is 1. The van der Waals surface area contributed by atoms with Crippen molar-refractivity contribution in [1.29, 1.82) is 0 Å². The summed E-state index contributed by atoms with van der Waals surface area (Å²) in [6, 6.07) is 8.33. The lowest BCUT2D eigenvalue weighted by Crippen LogP contribution is -2.29. The van der Waals surface area contributed by atoms with Crippen molar-refractivity contribution in [2.75, 3.05) is 30.8 Å². The highest BCUT2D eigenvalue weighted by Crippen LogP contribution is 2.28. The van der Waals surface area contributed by atoms with Crippen LogP contribution in [0.3, 0.4) is 0 Å². The van der Waals surface area contributed by atoms with Crippen LogP contribution in [-0.2, 0) is 17.9 Å². The topological polar surface area (TPSA) is 105 Å². The molecule has 2 N–H and O–H groups in total. The second-order valence-electron chi connectivity index (χ2n) is 9.59. The Hall–Kier alpha value is -4.16. The van der Waals surface area contributed by atoms with E-state index in [4.69, 9.17) is 0 Å². The third kappa shape index (κ3) is 6.69. The Morgan fingerprint density at radius 2 is 1.90 bits per heavy atom. The van der Waals surface area contributed by atoms with Gasteiger partial charge >= 0.3 is 0 Å². The molecule has 5 heterocycles. The van der Waals surface area contributed by atoms with Crippen molar-refractivity contribution in [3.05, 3.63) is 72.3 Å². The largest absolute Gasteiger partial charge is 0.388 e. The highest BCUT2D eigenvalue weighted by Gasteiger charge is 2.16. The monoisotopic (exact) mass is 561 g/mol. The van der Waals surface area contributed by atoms with E-state index >= 15 is 0 Å². The number of fused-ring (bicyclic) bond motifs is 1. The van der Waals surface area contributed by atoms with E-state index in [1.165, 1.54) is 42.9 Å². The SMILES string of the molecule is CNc1ccc(F)cc1.Cc1cn2c(-c3cnn(CC=O)c3)cnc2c(Nc2cc(CN3CCCCC3)ns2)n1. The van der Waals surface area contributed by atoms with Crippen LogP contribution in [0.5, 0.6) is 0 Å². The lowest BCUT2D eigenvalue weighted by atomic mass is 10.1. The Bertz CT molecular complexity index is 1550. The number of aromatic nitrogens is 6. The zero-order valence-electron chi connectivity index (χ0n) is 22.5. The van der Waals surface area contributed by atoms with Gasteiger partial charge in [0.1, 0.15) is 17.1 Å². The van der Waals surface area contributed by atoms with Crippen LogP contribution in [-0.4, -0.2) is 59.8 Å². The van der Waals surface area contributed by atoms with Crippen LogP contribution < -0.4 is 10.6 Å². The summed E-state index contributed by atoms with van der Waals surface area (Å²) in [7, 11) is 1.80. The van der Waals surface area contributed by atoms with Gasteiger partial charge in [-0.1, -0.05) is 6.42 Å². The van der Waals surface area contributed by atoms with Crippen LogP contribution in [0.25, 0.3) is 16.9 Å². The zero-order valence-corrected chi connectivity index (χ0v) is 23.4. The van der Waals surface area contributed by atoms with E-state index in [-0.39, 0.29) is 12.4 Å². The molecule has 1 aromatic carbocycles. The third-order valence-corrected chi connectivity index (χ3v) is 7.31. The lowest BCUT2D eigenvalue weighted by Gasteiger charge is -2.25. The molecule has 1 fully saturated rings. The van der Waals surface area contributed by atoms with Crippen molar-refractivity contribution in [2.24, 2.45) is 0 Å². The van der Waals surface area contributed by atoms with Crippen LogP contribution in [0.4, 0.5) is 20.9 Å². The molecule has 0 atom stereocenters. The molecule has 1 aliphatic heterocycles. The summed E-state index contributed by atoms with van der Waals surface area (Å²) < 4.78 is 20.4. The van der Waals surface area contributed by atoms with E-state index in [2.05, 4.69) is 41.0 Å². The Morgan fingerprint density at radius 1 is 1.10 bits per heavy atom. The number of piperidine rings is 1. The number of nitrogens with zero attached hydrogens (tertiary/aromatic N) is 7. The van der Waals surface area contributed by atoms with Crippen molar-refractivity contribution < 1.29 is 9.18 Å². The Balaban J connectivity index is 0.000000306. The molecule has 40 heavy (non-hydrogen) atoms. The summed E-state index contributed by atoms with van der Waals surface area (Å²) in [6.07, 6.45) is 12.1. The minimum absolute atomic E-state index is 0.200. The molecule has 208 valence electrons. The summed E-state index contributed by atoms with van der Waals surface area (Å²) >= 11 is 1.45. The molecule has 12 heteroatoms. The van der Waals surface area contributed by atoms with Gasteiger partial charge in [-0.2, -0.15) is 9.47 Å². The number of likely N-dealkylation sites (tertiary alicyclic amines) is 1. The highest BCUT2D eigenvalue weighted by atomic mass is 32.1. The number of hydrogen-bond acceptors (Lipinski definition) is 9. The van der Waals surface area contributed by atoms with E-state index in [0.717, 1.165) is 64.9 Å². The van der Waals surface area contributed by atoms with Crippen LogP contribution >= 0.6 is 11.5 Å². The number of rotatable bonds is 8. The molecule has 5 aromatic rings. The van der Waals surface area contributed by atoms with Gasteiger partial charge in [0.15, 0.2) is 11.5 Å². The first kappa shape index (κ1) is 27.4. The second kappa shape index (κ2) is 12.8. The van der Waals surface area contributed by atoms with Crippen molar-refractivity contribution >= 4 is 40.0 Å². The molecule has 6 rings (SSSR count). The molecule has 0 spiro atoms. The van der Waals surface area contributed by atoms with Gasteiger partial charge in [-0.15, -0.1) is 0 Å². The molecule has 0 amide bonds. The van der Waals surface area contributed by atoms with Crippen LogP contribution in [0.2, 0.25) is 0 Å². The highest BCUT2D eigenvalue weighted by molar-refractivity contribution is 7.10. The summed E-state index contributed by atoms with van der Waals surface area (Å²) in [5.74, 6) is 0.494. The standard InChI is InChI=1S/C21H24N8OS.C7H8FN/c1-15-12-29-18(16-10-23-28(13-16)7-8-30)11-22-21(29)20(24-15)25-19-9-17(26-31-19)14-27-5-3-2-4-6-27;1-9-7-4-2-6(8)3-5-7/h8-13H,2-7,14H2,1H3,(H,24,25);2-5,9H,1H3. The fourth-order valence-corrected chi connectivity index (χ4v) is 5.26. The third-order valence-electron chi connectivity index (χ3n) is 6.57. The van der Waals surface area contributed by atoms with Gasteiger partial charge < -0.3 is 15.4 Å². The molecule has 0 saturated carbocycles. The molecule has 4 aromatic heterocycles. The molecule has 0 unspecified atom stereocenters. The number of benzene rings is 1. The van der Waals surface area contributed by atoms with Gasteiger partial charge in [0.05, 0.1) is 36.0 Å². The molecule has 10 nitrogen and oxygen atoms in total. The number of carbonyl (C=O) groups excluding carboxylic acids is 1. The Kier molecular flexibility index (Phi) is 8.77. The van der Waals surface area contributed by atoms with Crippen LogP contribution in [0, 0.1) is 12.7 Å². The normalized spacial score (nSPS) is 13.6. The number of hydrogen-bond donors (Lipinski definition) is 2. The predicted molar refractivity (Wildman–Crippen MR) is 155 cm³/mol. The predicted octanol–water partition coefficient (Wildman–Crippen LogP) is 5.15. The summed E-state index contributed by atoms with van der Waals surface area (Å²) in [5.41, 5.74) is 5.41. The first-order valence-corrected chi connectivity index (χ1v) is 14.0. The van der Waals surface area contributed by atoms with Crippen molar-refractivity contribution in [1.82, 2.24) is 33.4 Å². The smallest absolute Gasteiger partial charge is 0.180 e. The molecule has 1 aliphatic rings. The van der Waals surface area contributed by atoms with E-state index in [0.29, 0.717) is 5.82 Å². The maximum Gasteiger partial charge on any atom is 0.180 e. The average Bonchev–Trinajstić information content (AvgIpc) is 3.71. The van der Waals surface area contributed by atoms with Gasteiger partial charge in [0, 0.05) is 37.2 Å². The first-order valence-electron chi connectivity index (χ1n) is 13.2. The fraction of sp³-hybridized carbons (Fsp3) is 0.321. The number of aryl methyl sites for hydroxylation is 1. The molecule has 0 bridgehead atoms. The van der Waals surface area contributed by atoms with Crippen molar-refractivity contribution in [3.8, 4) is 11.3 Å². The van der Waals surface area contributed by atoms with Gasteiger partial charge in [0.25, 0.3) is 0 Å². The maximum absolute atomic E-state index is 12.2. The number of anilines is 3. The van der Waals surface area contributed by atoms with Gasteiger partial charge in [-0.3, -0.25) is 14.0 Å². The number of aldehydes is 1. The quantitative estimate of drug-likeness (QED) is 0.251. The van der Waals surface area contributed by atoms with E-state index < -0.39 is 0 Å². The van der Waals surface area contributed by atoms with Gasteiger partial charge in [-0.25, -0.2) is 14.4 Å². The molecular formula is C28H32FN9OS. The maximum atomic E-state index is 12.2. The zero-order chi connectivity index (χ0) is 27.9. The average molecular weight is 562 g/mol. The van der Waals surface area contributed by atoms with Crippen LogP contribution in [0.1, 0.15) is 30.7 Å². The number of imidazole rings is 1. The Morgan fingerprint density at radius 3 is 2.65 bits per heavy atom. The van der Waals surface area contributed by atoms with Crippen molar-refractivity contribution in [3.63, 3.8) is 0 Å². The molecular weight excluding hydrogens is 529 g/mol. The Labute approximate surface area is 236 Å². The fourth-order valence-electron chi connectivity index (χ4n) is 4.60. The molecule has 1 saturated heterocycles. The molecule has 0 aliphatic carbocycles. The molecule has 0 radical (unpaired) electrons. The summed E-state index contributed by atoms with van der Waals surface area (Å²) in [5, 5.41) is 11.5. The lowest BCUT2D eigenvalue weighted by molar-refractivity contribution is -0.108. The second-order valence-corrected chi connectivity index (χ2v) is 10.4. The summed E-state index contributed by atoms with van der Waals surface area (Å²) in [6.45, 7) is 5.39. The van der Waals surface area contributed by atoms with E-state index in [9.17, 15) is 9.18 Å². The van der Waals surface area contributed by atoms with Gasteiger partial charge in [0.2, 0.25) is 0 Å². The number of nitrogens with one attached hydrogen (secondary N) is 2.